The van der Waals surface area contributed by atoms with Crippen molar-refractivity contribution < 1.29 is 0 Å². The molecular formula is C20H23IN2. The van der Waals surface area contributed by atoms with Crippen LogP contribution in [-0.2, 0) is 12.8 Å². The number of aromatic nitrogens is 1. The molecule has 0 saturated heterocycles. The van der Waals surface area contributed by atoms with Gasteiger partial charge in [0.05, 0.1) is 0 Å². The van der Waals surface area contributed by atoms with Crippen molar-refractivity contribution in [3.05, 3.63) is 57.2 Å². The summed E-state index contributed by atoms with van der Waals surface area (Å²) < 4.78 is 1.27. The van der Waals surface area contributed by atoms with Gasteiger partial charge in [-0.05, 0) is 83.6 Å². The second-order valence-corrected chi connectivity index (χ2v) is 7.17. The minimum Gasteiger partial charge on any atom is -0.354 e. The minimum absolute atomic E-state index is 0.765. The number of aromatic amines is 1. The molecule has 0 saturated carbocycles. The van der Waals surface area contributed by atoms with Crippen LogP contribution >= 0.6 is 22.6 Å². The maximum Gasteiger partial charge on any atom is 0.0497 e. The Bertz CT molecular complexity index is 805. The van der Waals surface area contributed by atoms with Crippen molar-refractivity contribution in [3.63, 3.8) is 0 Å². The van der Waals surface area contributed by atoms with Crippen LogP contribution in [0.25, 0.3) is 22.2 Å². The summed E-state index contributed by atoms with van der Waals surface area (Å²) in [6.07, 6.45) is 4.33. The summed E-state index contributed by atoms with van der Waals surface area (Å²) in [4.78, 5) is 3.72. The molecule has 3 rings (SSSR count). The van der Waals surface area contributed by atoms with E-state index in [0.717, 1.165) is 32.2 Å². The zero-order valence-electron chi connectivity index (χ0n) is 13.5. The highest BCUT2D eigenvalue weighted by atomic mass is 127. The Labute approximate surface area is 151 Å². The van der Waals surface area contributed by atoms with Gasteiger partial charge in [0, 0.05) is 20.2 Å². The van der Waals surface area contributed by atoms with Crippen LogP contribution in [0, 0.1) is 3.57 Å². The standard InChI is InChI=1S/C20H23IN2/c1-2-14-7-6-11-18-17(10-3-4-12-22)20(23-19(14)18)15-8-5-9-16(21)13-15/h5-9,11,13,23H,2-4,10,12,22H2,1H3. The van der Waals surface area contributed by atoms with E-state index >= 15 is 0 Å². The Morgan fingerprint density at radius 3 is 2.65 bits per heavy atom. The predicted molar refractivity (Wildman–Crippen MR) is 108 cm³/mol. The summed E-state index contributed by atoms with van der Waals surface area (Å²) >= 11 is 2.38. The smallest absolute Gasteiger partial charge is 0.0497 e. The number of halogens is 1. The normalized spacial score (nSPS) is 11.3. The fourth-order valence-electron chi connectivity index (χ4n) is 3.23. The molecule has 3 aromatic rings. The van der Waals surface area contributed by atoms with Crippen molar-refractivity contribution in [1.82, 2.24) is 4.98 Å². The zero-order valence-corrected chi connectivity index (χ0v) is 15.7. The van der Waals surface area contributed by atoms with Gasteiger partial charge in [0.2, 0.25) is 0 Å². The summed E-state index contributed by atoms with van der Waals surface area (Å²) in [7, 11) is 0. The zero-order chi connectivity index (χ0) is 16.2. The van der Waals surface area contributed by atoms with E-state index in [1.807, 2.05) is 0 Å². The highest BCUT2D eigenvalue weighted by Crippen LogP contribution is 2.33. The van der Waals surface area contributed by atoms with Gasteiger partial charge in [0.25, 0.3) is 0 Å². The van der Waals surface area contributed by atoms with Crippen molar-refractivity contribution in [2.45, 2.75) is 32.6 Å². The molecule has 0 aliphatic heterocycles. The number of nitrogens with one attached hydrogen (secondary N) is 1. The molecule has 0 atom stereocenters. The second kappa shape index (κ2) is 7.49. The van der Waals surface area contributed by atoms with Gasteiger partial charge in [-0.1, -0.05) is 37.3 Å². The third kappa shape index (κ3) is 3.45. The molecule has 3 N–H and O–H groups in total. The van der Waals surface area contributed by atoms with Crippen LogP contribution in [0.15, 0.2) is 42.5 Å². The van der Waals surface area contributed by atoms with E-state index in [4.69, 9.17) is 5.73 Å². The molecule has 0 unspecified atom stereocenters. The molecule has 0 bridgehead atoms. The van der Waals surface area contributed by atoms with Gasteiger partial charge in [-0.2, -0.15) is 0 Å². The first-order chi connectivity index (χ1) is 11.2. The van der Waals surface area contributed by atoms with Crippen LogP contribution in [0.4, 0.5) is 0 Å². The number of benzene rings is 2. The Hall–Kier alpha value is -1.33. The first-order valence-corrected chi connectivity index (χ1v) is 9.41. The van der Waals surface area contributed by atoms with Gasteiger partial charge in [0.1, 0.15) is 0 Å². The second-order valence-electron chi connectivity index (χ2n) is 5.93. The number of nitrogens with two attached hydrogens (primary N) is 1. The number of H-pyrrole nitrogens is 1. The Balaban J connectivity index is 2.16. The molecule has 120 valence electrons. The van der Waals surface area contributed by atoms with E-state index in [1.165, 1.54) is 36.9 Å². The molecule has 0 spiro atoms. The van der Waals surface area contributed by atoms with E-state index in [9.17, 15) is 0 Å². The molecule has 0 radical (unpaired) electrons. The van der Waals surface area contributed by atoms with Gasteiger partial charge in [-0.15, -0.1) is 0 Å². The summed E-state index contributed by atoms with van der Waals surface area (Å²) in [6.45, 7) is 2.98. The summed E-state index contributed by atoms with van der Waals surface area (Å²) in [5, 5.41) is 1.37. The maximum absolute atomic E-state index is 5.69. The molecule has 1 heterocycles. The van der Waals surface area contributed by atoms with Crippen molar-refractivity contribution in [3.8, 4) is 11.3 Å². The summed E-state index contributed by atoms with van der Waals surface area (Å²) in [6, 6.07) is 15.4. The van der Waals surface area contributed by atoms with Crippen molar-refractivity contribution in [1.29, 1.82) is 0 Å². The molecule has 2 nitrogen and oxygen atoms in total. The van der Waals surface area contributed by atoms with Crippen LogP contribution < -0.4 is 5.73 Å². The quantitative estimate of drug-likeness (QED) is 0.415. The van der Waals surface area contributed by atoms with E-state index in [2.05, 4.69) is 77.0 Å². The van der Waals surface area contributed by atoms with Crippen molar-refractivity contribution >= 4 is 33.5 Å². The van der Waals surface area contributed by atoms with Gasteiger partial charge in [-0.3, -0.25) is 0 Å². The molecule has 1 aromatic heterocycles. The summed E-state index contributed by atoms with van der Waals surface area (Å²) in [5.41, 5.74) is 12.4. The number of hydrogen-bond donors (Lipinski definition) is 2. The first kappa shape index (κ1) is 16.5. The van der Waals surface area contributed by atoms with Gasteiger partial charge < -0.3 is 10.7 Å². The van der Waals surface area contributed by atoms with Crippen LogP contribution in [0.3, 0.4) is 0 Å². The lowest BCUT2D eigenvalue weighted by atomic mass is 9.99. The maximum atomic E-state index is 5.69. The number of para-hydroxylation sites is 1. The SMILES string of the molecule is CCc1cccc2c(CCCCN)c(-c3cccc(I)c3)[nH]c12. The van der Waals surface area contributed by atoms with E-state index in [1.54, 1.807) is 0 Å². The first-order valence-electron chi connectivity index (χ1n) is 8.33. The third-order valence-electron chi connectivity index (χ3n) is 4.40. The number of aryl methyl sites for hydroxylation is 2. The molecule has 3 heteroatoms. The van der Waals surface area contributed by atoms with Crippen LogP contribution in [0.5, 0.6) is 0 Å². The average Bonchev–Trinajstić information content (AvgIpc) is 2.94. The van der Waals surface area contributed by atoms with E-state index < -0.39 is 0 Å². The number of hydrogen-bond acceptors (Lipinski definition) is 1. The van der Waals surface area contributed by atoms with Crippen molar-refractivity contribution in [2.75, 3.05) is 6.54 Å². The fraction of sp³-hybridized carbons (Fsp3) is 0.300. The Morgan fingerprint density at radius 2 is 1.91 bits per heavy atom. The van der Waals surface area contributed by atoms with E-state index in [0.29, 0.717) is 0 Å². The Morgan fingerprint density at radius 1 is 1.09 bits per heavy atom. The summed E-state index contributed by atoms with van der Waals surface area (Å²) in [5.74, 6) is 0. The van der Waals surface area contributed by atoms with Gasteiger partial charge >= 0.3 is 0 Å². The lowest BCUT2D eigenvalue weighted by molar-refractivity contribution is 0.748. The lowest BCUT2D eigenvalue weighted by Crippen LogP contribution is -1.99. The molecule has 0 aliphatic carbocycles. The van der Waals surface area contributed by atoms with E-state index in [-0.39, 0.29) is 0 Å². The highest BCUT2D eigenvalue weighted by Gasteiger charge is 2.14. The van der Waals surface area contributed by atoms with Gasteiger partial charge in [0.15, 0.2) is 0 Å². The molecule has 23 heavy (non-hydrogen) atoms. The third-order valence-corrected chi connectivity index (χ3v) is 5.07. The predicted octanol–water partition coefficient (Wildman–Crippen LogP) is 5.28. The number of rotatable bonds is 6. The van der Waals surface area contributed by atoms with Crippen LogP contribution in [0.1, 0.15) is 30.9 Å². The highest BCUT2D eigenvalue weighted by molar-refractivity contribution is 14.1. The molecule has 0 amide bonds. The number of unbranched alkanes of at least 4 members (excludes halogenated alkanes) is 1. The average molecular weight is 418 g/mol. The van der Waals surface area contributed by atoms with Crippen molar-refractivity contribution in [2.24, 2.45) is 5.73 Å². The molecule has 2 aromatic carbocycles. The fourth-order valence-corrected chi connectivity index (χ4v) is 3.77. The topological polar surface area (TPSA) is 41.8 Å². The minimum atomic E-state index is 0.765. The molecule has 0 fully saturated rings. The monoisotopic (exact) mass is 418 g/mol. The van der Waals surface area contributed by atoms with Gasteiger partial charge in [-0.25, -0.2) is 0 Å². The molecule has 0 aliphatic rings. The van der Waals surface area contributed by atoms with Crippen LogP contribution in [-0.4, -0.2) is 11.5 Å². The molecular weight excluding hydrogens is 395 g/mol. The number of fused-ring (bicyclic) bond motifs is 1. The lowest BCUT2D eigenvalue weighted by Gasteiger charge is -2.06. The largest absolute Gasteiger partial charge is 0.354 e. The van der Waals surface area contributed by atoms with Crippen LogP contribution in [0.2, 0.25) is 0 Å². The Kier molecular flexibility index (Phi) is 5.38.